The Kier molecular flexibility index (Phi) is 3.06. The van der Waals surface area contributed by atoms with Gasteiger partial charge in [-0.3, -0.25) is 4.79 Å². The standard InChI is InChI=1S/C9H9NO4/c1-6(11)14-10-8-5-3-2-4-7(8)9(12)13/h2-5,10H,1H3,(H,12,13). The van der Waals surface area contributed by atoms with Crippen LogP contribution in [0.4, 0.5) is 5.69 Å². The highest BCUT2D eigenvalue weighted by molar-refractivity contribution is 5.94. The Hall–Kier alpha value is -2.04. The monoisotopic (exact) mass is 195 g/mol. The van der Waals surface area contributed by atoms with Crippen LogP contribution in [0.5, 0.6) is 0 Å². The van der Waals surface area contributed by atoms with Crippen molar-refractivity contribution in [3.8, 4) is 0 Å². The lowest BCUT2D eigenvalue weighted by atomic mass is 10.2. The van der Waals surface area contributed by atoms with Crippen LogP contribution in [-0.2, 0) is 9.63 Å². The average molecular weight is 195 g/mol. The number of para-hydroxylation sites is 1. The third-order valence-electron chi connectivity index (χ3n) is 1.46. The minimum atomic E-state index is -1.08. The number of benzene rings is 1. The summed E-state index contributed by atoms with van der Waals surface area (Å²) in [6.07, 6.45) is 0. The van der Waals surface area contributed by atoms with Gasteiger partial charge in [0.15, 0.2) is 0 Å². The van der Waals surface area contributed by atoms with E-state index in [1.54, 1.807) is 12.1 Å². The Morgan fingerprint density at radius 1 is 1.36 bits per heavy atom. The summed E-state index contributed by atoms with van der Waals surface area (Å²) in [5, 5.41) is 8.75. The van der Waals surface area contributed by atoms with Crippen molar-refractivity contribution in [2.24, 2.45) is 0 Å². The number of hydrogen-bond donors (Lipinski definition) is 2. The van der Waals surface area contributed by atoms with Gasteiger partial charge >= 0.3 is 11.9 Å². The van der Waals surface area contributed by atoms with Gasteiger partial charge in [-0.1, -0.05) is 12.1 Å². The number of nitrogens with one attached hydrogen (secondary N) is 1. The third kappa shape index (κ3) is 2.48. The summed E-state index contributed by atoms with van der Waals surface area (Å²) in [6.45, 7) is 1.22. The van der Waals surface area contributed by atoms with E-state index in [1.807, 2.05) is 0 Å². The highest BCUT2D eigenvalue weighted by atomic mass is 16.7. The van der Waals surface area contributed by atoms with Crippen molar-refractivity contribution in [1.29, 1.82) is 0 Å². The van der Waals surface area contributed by atoms with Gasteiger partial charge in [0, 0.05) is 6.92 Å². The first kappa shape index (κ1) is 10.0. The maximum atomic E-state index is 10.7. The molecule has 0 spiro atoms. The molecule has 5 nitrogen and oxygen atoms in total. The van der Waals surface area contributed by atoms with Gasteiger partial charge in [-0.2, -0.15) is 0 Å². The number of hydrogen-bond acceptors (Lipinski definition) is 4. The van der Waals surface area contributed by atoms with E-state index < -0.39 is 11.9 Å². The van der Waals surface area contributed by atoms with E-state index in [-0.39, 0.29) is 11.3 Å². The van der Waals surface area contributed by atoms with Gasteiger partial charge in [-0.15, -0.1) is 0 Å². The van der Waals surface area contributed by atoms with E-state index in [4.69, 9.17) is 5.11 Å². The van der Waals surface area contributed by atoms with Crippen molar-refractivity contribution in [2.75, 3.05) is 5.48 Å². The predicted molar refractivity (Wildman–Crippen MR) is 48.8 cm³/mol. The SMILES string of the molecule is CC(=O)ONc1ccccc1C(=O)O. The first-order valence-corrected chi connectivity index (χ1v) is 3.87. The van der Waals surface area contributed by atoms with Crippen molar-refractivity contribution in [3.63, 3.8) is 0 Å². The lowest BCUT2D eigenvalue weighted by molar-refractivity contribution is -0.138. The molecule has 5 heteroatoms. The van der Waals surface area contributed by atoms with Crippen LogP contribution in [0, 0.1) is 0 Å². The molecule has 74 valence electrons. The number of carbonyl (C=O) groups excluding carboxylic acids is 1. The molecule has 1 aromatic carbocycles. The molecular weight excluding hydrogens is 186 g/mol. The molecule has 14 heavy (non-hydrogen) atoms. The highest BCUT2D eigenvalue weighted by Gasteiger charge is 2.08. The summed E-state index contributed by atoms with van der Waals surface area (Å²) in [5.41, 5.74) is 2.56. The number of anilines is 1. The zero-order valence-corrected chi connectivity index (χ0v) is 7.48. The molecule has 0 saturated carbocycles. The molecule has 0 aliphatic carbocycles. The fourth-order valence-electron chi connectivity index (χ4n) is 0.885. The summed E-state index contributed by atoms with van der Waals surface area (Å²) < 4.78 is 0. The summed E-state index contributed by atoms with van der Waals surface area (Å²) in [4.78, 5) is 25.6. The largest absolute Gasteiger partial charge is 0.478 e. The first-order chi connectivity index (χ1) is 6.61. The summed E-state index contributed by atoms with van der Waals surface area (Å²) >= 11 is 0. The molecule has 0 fully saturated rings. The van der Waals surface area contributed by atoms with E-state index in [0.717, 1.165) is 0 Å². The lowest BCUT2D eigenvalue weighted by Crippen LogP contribution is -2.10. The van der Waals surface area contributed by atoms with E-state index in [9.17, 15) is 9.59 Å². The zero-order chi connectivity index (χ0) is 10.6. The van der Waals surface area contributed by atoms with Crippen LogP contribution in [0.25, 0.3) is 0 Å². The molecule has 0 radical (unpaired) electrons. The van der Waals surface area contributed by atoms with Crippen LogP contribution >= 0.6 is 0 Å². The molecule has 0 amide bonds. The minimum absolute atomic E-state index is 0.0498. The van der Waals surface area contributed by atoms with E-state index >= 15 is 0 Å². The predicted octanol–water partition coefficient (Wildman–Crippen LogP) is 1.27. The van der Waals surface area contributed by atoms with Crippen molar-refractivity contribution in [3.05, 3.63) is 29.8 Å². The van der Waals surface area contributed by atoms with Crippen molar-refractivity contribution in [2.45, 2.75) is 6.92 Å². The molecule has 0 atom stereocenters. The molecule has 0 aliphatic heterocycles. The highest BCUT2D eigenvalue weighted by Crippen LogP contribution is 2.14. The van der Waals surface area contributed by atoms with E-state index in [2.05, 4.69) is 10.3 Å². The number of rotatable bonds is 3. The molecule has 0 saturated heterocycles. The Balaban J connectivity index is 2.84. The summed E-state index contributed by atoms with van der Waals surface area (Å²) in [7, 11) is 0. The van der Waals surface area contributed by atoms with Gasteiger partial charge in [-0.05, 0) is 12.1 Å². The van der Waals surface area contributed by atoms with Crippen LogP contribution in [0.3, 0.4) is 0 Å². The summed E-state index contributed by atoms with van der Waals surface area (Å²) in [5.74, 6) is -1.62. The maximum Gasteiger partial charge on any atom is 0.337 e. The van der Waals surface area contributed by atoms with Crippen molar-refractivity contribution in [1.82, 2.24) is 0 Å². The minimum Gasteiger partial charge on any atom is -0.478 e. The molecule has 0 bridgehead atoms. The third-order valence-corrected chi connectivity index (χ3v) is 1.46. The van der Waals surface area contributed by atoms with Crippen LogP contribution in [0.2, 0.25) is 0 Å². The summed E-state index contributed by atoms with van der Waals surface area (Å²) in [6, 6.07) is 6.14. The smallest absolute Gasteiger partial charge is 0.337 e. The second-order valence-electron chi connectivity index (χ2n) is 2.55. The lowest BCUT2D eigenvalue weighted by Gasteiger charge is -2.06. The Bertz CT molecular complexity index is 362. The average Bonchev–Trinajstić information content (AvgIpc) is 2.15. The Morgan fingerprint density at radius 3 is 2.57 bits per heavy atom. The first-order valence-electron chi connectivity index (χ1n) is 3.87. The van der Waals surface area contributed by atoms with Crippen LogP contribution in [0.1, 0.15) is 17.3 Å². The van der Waals surface area contributed by atoms with E-state index in [0.29, 0.717) is 0 Å². The van der Waals surface area contributed by atoms with Crippen LogP contribution in [0.15, 0.2) is 24.3 Å². The molecule has 0 aliphatic rings. The molecule has 0 heterocycles. The van der Waals surface area contributed by atoms with E-state index in [1.165, 1.54) is 19.1 Å². The quantitative estimate of drug-likeness (QED) is 0.710. The molecule has 0 aromatic heterocycles. The van der Waals surface area contributed by atoms with Gasteiger partial charge in [0.1, 0.15) is 0 Å². The van der Waals surface area contributed by atoms with Gasteiger partial charge in [0.25, 0.3) is 0 Å². The van der Waals surface area contributed by atoms with Gasteiger partial charge < -0.3 is 9.94 Å². The second-order valence-corrected chi connectivity index (χ2v) is 2.55. The molecule has 1 aromatic rings. The number of carboxylic acid groups (broad SMARTS) is 1. The topological polar surface area (TPSA) is 75.6 Å². The Morgan fingerprint density at radius 2 is 2.00 bits per heavy atom. The molecule has 2 N–H and O–H groups in total. The number of carboxylic acids is 1. The number of carbonyl (C=O) groups is 2. The van der Waals surface area contributed by atoms with Gasteiger partial charge in [0.05, 0.1) is 11.3 Å². The van der Waals surface area contributed by atoms with Crippen molar-refractivity contribution >= 4 is 17.6 Å². The van der Waals surface area contributed by atoms with Crippen LogP contribution < -0.4 is 5.48 Å². The number of aromatic carboxylic acids is 1. The normalized spacial score (nSPS) is 9.21. The molecule has 0 unspecified atom stereocenters. The Labute approximate surface area is 80.3 Å². The maximum absolute atomic E-state index is 10.7. The zero-order valence-electron chi connectivity index (χ0n) is 7.48. The van der Waals surface area contributed by atoms with Crippen LogP contribution in [-0.4, -0.2) is 17.0 Å². The van der Waals surface area contributed by atoms with Gasteiger partial charge in [0.2, 0.25) is 0 Å². The fraction of sp³-hybridized carbons (Fsp3) is 0.111. The molecular formula is C9H9NO4. The molecule has 1 rings (SSSR count). The van der Waals surface area contributed by atoms with Gasteiger partial charge in [-0.25, -0.2) is 10.3 Å². The second kappa shape index (κ2) is 4.27. The fourth-order valence-corrected chi connectivity index (χ4v) is 0.885. The van der Waals surface area contributed by atoms with Crippen molar-refractivity contribution < 1.29 is 19.5 Å².